The lowest BCUT2D eigenvalue weighted by atomic mass is 9.97. The van der Waals surface area contributed by atoms with Crippen molar-refractivity contribution >= 4 is 11.3 Å². The molecule has 0 bridgehead atoms. The number of nitrogens with zero attached hydrogens (tertiary/aromatic N) is 1. The van der Waals surface area contributed by atoms with Gasteiger partial charge in [-0.3, -0.25) is 0 Å². The van der Waals surface area contributed by atoms with Gasteiger partial charge in [0, 0.05) is 13.3 Å². The van der Waals surface area contributed by atoms with Crippen LogP contribution in [-0.2, 0) is 12.3 Å². The van der Waals surface area contributed by atoms with Crippen molar-refractivity contribution in [3.05, 3.63) is 15.6 Å². The predicted molar refractivity (Wildman–Crippen MR) is 65.7 cm³/mol. The van der Waals surface area contributed by atoms with Gasteiger partial charge in [0.15, 0.2) is 0 Å². The molecule has 0 radical (unpaired) electrons. The maximum atomic E-state index is 13.3. The largest absolute Gasteiger partial charge is 0.316 e. The fourth-order valence-corrected chi connectivity index (χ4v) is 3.40. The van der Waals surface area contributed by atoms with Crippen molar-refractivity contribution in [1.82, 2.24) is 10.3 Å². The van der Waals surface area contributed by atoms with Crippen molar-refractivity contribution in [2.24, 2.45) is 5.92 Å². The summed E-state index contributed by atoms with van der Waals surface area (Å²) in [5.41, 5.74) is 0.487. The van der Waals surface area contributed by atoms with E-state index in [1.807, 2.05) is 0 Å². The summed E-state index contributed by atoms with van der Waals surface area (Å²) in [6.45, 7) is 4.67. The average Bonchev–Trinajstić information content (AvgIpc) is 2.60. The number of aryl methyl sites for hydroxylation is 1. The summed E-state index contributed by atoms with van der Waals surface area (Å²) in [4.78, 5) is 4.40. The molecule has 96 valence electrons. The fourth-order valence-electron chi connectivity index (χ4n) is 2.29. The van der Waals surface area contributed by atoms with Gasteiger partial charge in [0.1, 0.15) is 0 Å². The Morgan fingerprint density at radius 2 is 2.29 bits per heavy atom. The van der Waals surface area contributed by atoms with E-state index in [2.05, 4.69) is 10.3 Å². The van der Waals surface area contributed by atoms with Crippen LogP contribution in [0.15, 0.2) is 0 Å². The van der Waals surface area contributed by atoms with Crippen LogP contribution in [0.2, 0.25) is 0 Å². The summed E-state index contributed by atoms with van der Waals surface area (Å²) in [7, 11) is 0. The second kappa shape index (κ2) is 4.98. The summed E-state index contributed by atoms with van der Waals surface area (Å²) in [5, 5.41) is 4.19. The number of rotatable bonds is 3. The topological polar surface area (TPSA) is 24.9 Å². The molecule has 0 spiro atoms. The second-order valence-corrected chi connectivity index (χ2v) is 5.91. The Balaban J connectivity index is 2.06. The number of nitrogens with one attached hydrogen (secondary N) is 1. The average molecular weight is 260 g/mol. The van der Waals surface area contributed by atoms with Gasteiger partial charge in [0.25, 0.3) is 5.92 Å². The highest BCUT2D eigenvalue weighted by Crippen LogP contribution is 2.35. The number of aromatic nitrogens is 1. The summed E-state index contributed by atoms with van der Waals surface area (Å²) in [5.74, 6) is -2.21. The van der Waals surface area contributed by atoms with Gasteiger partial charge in [0.2, 0.25) is 0 Å². The van der Waals surface area contributed by atoms with Gasteiger partial charge in [-0.1, -0.05) is 0 Å². The zero-order chi connectivity index (χ0) is 12.5. The molecule has 1 N–H and O–H groups in total. The molecule has 1 aliphatic rings. The number of thiazole rings is 1. The lowest BCUT2D eigenvalue weighted by Crippen LogP contribution is -2.30. The smallest absolute Gasteiger partial charge is 0.281 e. The third-order valence-corrected chi connectivity index (χ3v) is 4.45. The van der Waals surface area contributed by atoms with E-state index in [9.17, 15) is 8.78 Å². The van der Waals surface area contributed by atoms with Gasteiger partial charge in [-0.15, -0.1) is 11.3 Å². The Hall–Kier alpha value is -0.550. The van der Waals surface area contributed by atoms with E-state index in [-0.39, 0.29) is 4.88 Å². The number of hydrogen-bond acceptors (Lipinski definition) is 3. The van der Waals surface area contributed by atoms with E-state index in [1.54, 1.807) is 6.92 Å². The second-order valence-electron chi connectivity index (χ2n) is 4.83. The lowest BCUT2D eigenvalue weighted by molar-refractivity contribution is 0.0206. The number of halogens is 2. The van der Waals surface area contributed by atoms with Gasteiger partial charge in [-0.05, 0) is 38.8 Å². The molecule has 2 nitrogen and oxygen atoms in total. The molecule has 1 fully saturated rings. The summed E-state index contributed by atoms with van der Waals surface area (Å²) < 4.78 is 26.5. The molecule has 0 amide bonds. The van der Waals surface area contributed by atoms with Crippen LogP contribution in [0.5, 0.6) is 0 Å². The minimum absolute atomic E-state index is 0.122. The molecule has 2 heterocycles. The predicted octanol–water partition coefficient (Wildman–Crippen LogP) is 3.11. The van der Waals surface area contributed by atoms with Gasteiger partial charge in [-0.25, -0.2) is 13.8 Å². The number of piperidine rings is 1. The Kier molecular flexibility index (Phi) is 3.78. The van der Waals surface area contributed by atoms with Crippen molar-refractivity contribution in [1.29, 1.82) is 0 Å². The quantitative estimate of drug-likeness (QED) is 0.903. The third-order valence-electron chi connectivity index (χ3n) is 3.10. The highest BCUT2D eigenvalue weighted by Gasteiger charge is 2.30. The molecule has 1 aromatic heterocycles. The monoisotopic (exact) mass is 260 g/mol. The van der Waals surface area contributed by atoms with E-state index in [0.717, 1.165) is 31.4 Å². The van der Waals surface area contributed by atoms with Crippen molar-refractivity contribution in [3.63, 3.8) is 0 Å². The molecule has 0 aromatic carbocycles. The highest BCUT2D eigenvalue weighted by molar-refractivity contribution is 7.11. The van der Waals surface area contributed by atoms with Gasteiger partial charge < -0.3 is 5.32 Å². The number of hydrogen-bond donors (Lipinski definition) is 1. The molecule has 0 aliphatic carbocycles. The first-order valence-electron chi connectivity index (χ1n) is 6.02. The first-order valence-corrected chi connectivity index (χ1v) is 6.84. The molecule has 0 saturated carbocycles. The van der Waals surface area contributed by atoms with E-state index in [0.29, 0.717) is 11.6 Å². The van der Waals surface area contributed by atoms with E-state index >= 15 is 0 Å². The van der Waals surface area contributed by atoms with Crippen LogP contribution >= 0.6 is 11.3 Å². The van der Waals surface area contributed by atoms with Crippen LogP contribution < -0.4 is 5.32 Å². The molecule has 5 heteroatoms. The zero-order valence-electron chi connectivity index (χ0n) is 10.2. The number of alkyl halides is 2. The van der Waals surface area contributed by atoms with Crippen LogP contribution in [0.1, 0.15) is 35.3 Å². The highest BCUT2D eigenvalue weighted by atomic mass is 32.1. The summed E-state index contributed by atoms with van der Waals surface area (Å²) >= 11 is 1.17. The van der Waals surface area contributed by atoms with E-state index in [1.165, 1.54) is 24.2 Å². The molecule has 1 aliphatic heterocycles. The maximum absolute atomic E-state index is 13.3. The maximum Gasteiger partial charge on any atom is 0.281 e. The zero-order valence-corrected chi connectivity index (χ0v) is 11.0. The van der Waals surface area contributed by atoms with Crippen LogP contribution in [0.3, 0.4) is 0 Å². The standard InChI is InChI=1S/C12H18F2N2S/c1-8-11(12(2,13)14)17-10(16-8)6-9-4-3-5-15-7-9/h9,15H,3-7H2,1-2H3. The molecular weight excluding hydrogens is 242 g/mol. The van der Waals surface area contributed by atoms with Crippen LogP contribution in [0, 0.1) is 12.8 Å². The molecule has 2 rings (SSSR count). The molecule has 1 unspecified atom stereocenters. The van der Waals surface area contributed by atoms with Crippen LogP contribution in [-0.4, -0.2) is 18.1 Å². The lowest BCUT2D eigenvalue weighted by Gasteiger charge is -2.21. The Morgan fingerprint density at radius 3 is 2.82 bits per heavy atom. The first-order chi connectivity index (χ1) is 7.97. The third kappa shape index (κ3) is 3.22. The Morgan fingerprint density at radius 1 is 1.53 bits per heavy atom. The normalized spacial score (nSPS) is 21.8. The van der Waals surface area contributed by atoms with Crippen LogP contribution in [0.25, 0.3) is 0 Å². The van der Waals surface area contributed by atoms with E-state index in [4.69, 9.17) is 0 Å². The van der Waals surface area contributed by atoms with Crippen molar-refractivity contribution in [2.45, 2.75) is 39.0 Å². The van der Waals surface area contributed by atoms with E-state index < -0.39 is 5.92 Å². The van der Waals surface area contributed by atoms with Crippen molar-refractivity contribution in [2.75, 3.05) is 13.1 Å². The Bertz CT molecular complexity index is 378. The molecular formula is C12H18F2N2S. The molecule has 1 saturated heterocycles. The van der Waals surface area contributed by atoms with Gasteiger partial charge in [-0.2, -0.15) is 0 Å². The molecule has 1 atom stereocenters. The summed E-state index contributed by atoms with van der Waals surface area (Å²) in [6, 6.07) is 0. The van der Waals surface area contributed by atoms with Gasteiger partial charge in [0.05, 0.1) is 15.6 Å². The molecule has 1 aromatic rings. The summed E-state index contributed by atoms with van der Waals surface area (Å²) in [6.07, 6.45) is 3.17. The van der Waals surface area contributed by atoms with Crippen LogP contribution in [0.4, 0.5) is 8.78 Å². The minimum Gasteiger partial charge on any atom is -0.316 e. The first kappa shape index (κ1) is 12.9. The van der Waals surface area contributed by atoms with Crippen molar-refractivity contribution in [3.8, 4) is 0 Å². The fraction of sp³-hybridized carbons (Fsp3) is 0.750. The molecule has 17 heavy (non-hydrogen) atoms. The minimum atomic E-state index is -2.76. The Labute approximate surface area is 104 Å². The SMILES string of the molecule is Cc1nc(CC2CCCNC2)sc1C(C)(F)F. The van der Waals surface area contributed by atoms with Crippen molar-refractivity contribution < 1.29 is 8.78 Å². The van der Waals surface area contributed by atoms with Gasteiger partial charge >= 0.3 is 0 Å².